The molecule has 0 fully saturated rings. The number of nitro groups is 1. The number of amides is 2. The molecular weight excluding hydrogens is 348 g/mol. The van der Waals surface area contributed by atoms with Crippen molar-refractivity contribution in [2.45, 2.75) is 0 Å². The number of halogens is 1. The lowest BCUT2D eigenvalue weighted by atomic mass is 10.1. The number of rotatable bonds is 5. The number of nitrogens with one attached hydrogen (secondary N) is 2. The Morgan fingerprint density at radius 3 is 2.32 bits per heavy atom. The van der Waals surface area contributed by atoms with E-state index in [0.717, 1.165) is 0 Å². The lowest BCUT2D eigenvalue weighted by molar-refractivity contribution is -0.384. The number of nitrogens with zero attached hydrogens (tertiary/aromatic N) is 1. The number of nitrogens with two attached hydrogens (primary N) is 1. The molecule has 0 unspecified atom stereocenters. The monoisotopic (exact) mass is 360 g/mol. The highest BCUT2D eigenvalue weighted by Gasteiger charge is 2.16. The molecule has 0 aromatic heterocycles. The van der Waals surface area contributed by atoms with Crippen molar-refractivity contribution in [3.05, 3.63) is 80.5 Å². The summed E-state index contributed by atoms with van der Waals surface area (Å²) in [6.07, 6.45) is 1.33. The van der Waals surface area contributed by atoms with Gasteiger partial charge in [0.25, 0.3) is 17.5 Å². The molecule has 0 radical (unpaired) electrons. The third-order valence-electron chi connectivity index (χ3n) is 3.16. The molecule has 2 aromatic rings. The molecule has 0 saturated heterocycles. The van der Waals surface area contributed by atoms with E-state index < -0.39 is 16.7 Å². The van der Waals surface area contributed by atoms with Gasteiger partial charge in [0.1, 0.15) is 5.70 Å². The van der Waals surface area contributed by atoms with Crippen LogP contribution in [0.3, 0.4) is 0 Å². The zero-order valence-corrected chi connectivity index (χ0v) is 13.5. The average Bonchev–Trinajstić information content (AvgIpc) is 2.61. The Bertz CT molecular complexity index is 849. The third kappa shape index (κ3) is 4.63. The molecule has 4 N–H and O–H groups in total. The predicted molar refractivity (Wildman–Crippen MR) is 92.3 cm³/mol. The smallest absolute Gasteiger partial charge is 0.281 e. The average molecular weight is 361 g/mol. The number of hydrogen-bond donors (Lipinski definition) is 3. The van der Waals surface area contributed by atoms with Crippen LogP contribution >= 0.6 is 11.6 Å². The molecule has 0 heterocycles. The van der Waals surface area contributed by atoms with Crippen molar-refractivity contribution in [2.24, 2.45) is 5.84 Å². The molecule has 2 amide bonds. The lowest BCUT2D eigenvalue weighted by Crippen LogP contribution is -2.38. The van der Waals surface area contributed by atoms with E-state index in [0.29, 0.717) is 5.56 Å². The normalized spacial score (nSPS) is 10.9. The Kier molecular flexibility index (Phi) is 5.83. The predicted octanol–water partition coefficient (Wildman–Crippen LogP) is 2.01. The van der Waals surface area contributed by atoms with Crippen LogP contribution < -0.4 is 16.6 Å². The van der Waals surface area contributed by atoms with Gasteiger partial charge in [0.15, 0.2) is 0 Å². The SMILES string of the molecule is NNC(=O)/C(=C\c1ccc([N+](=O)[O-])cc1)NC(=O)c1ccccc1Cl. The van der Waals surface area contributed by atoms with Gasteiger partial charge < -0.3 is 5.32 Å². The van der Waals surface area contributed by atoms with Crippen LogP contribution in [0, 0.1) is 10.1 Å². The summed E-state index contributed by atoms with van der Waals surface area (Å²) < 4.78 is 0. The van der Waals surface area contributed by atoms with Gasteiger partial charge in [-0.25, -0.2) is 5.84 Å². The van der Waals surface area contributed by atoms with Crippen molar-refractivity contribution < 1.29 is 14.5 Å². The molecule has 0 aliphatic carbocycles. The van der Waals surface area contributed by atoms with E-state index in [-0.39, 0.29) is 22.0 Å². The van der Waals surface area contributed by atoms with Crippen LogP contribution in [0.1, 0.15) is 15.9 Å². The topological polar surface area (TPSA) is 127 Å². The molecule has 0 atom stereocenters. The molecule has 2 aromatic carbocycles. The summed E-state index contributed by atoms with van der Waals surface area (Å²) in [5, 5.41) is 13.3. The number of carbonyl (C=O) groups excluding carboxylic acids is 2. The van der Waals surface area contributed by atoms with Gasteiger partial charge >= 0.3 is 0 Å². The van der Waals surface area contributed by atoms with Gasteiger partial charge in [0, 0.05) is 12.1 Å². The van der Waals surface area contributed by atoms with Crippen molar-refractivity contribution in [3.8, 4) is 0 Å². The summed E-state index contributed by atoms with van der Waals surface area (Å²) in [5.41, 5.74) is 2.34. The molecule has 8 nitrogen and oxygen atoms in total. The molecule has 2 rings (SSSR count). The van der Waals surface area contributed by atoms with Gasteiger partial charge in [-0.3, -0.25) is 25.1 Å². The van der Waals surface area contributed by atoms with E-state index in [2.05, 4.69) is 5.32 Å². The maximum atomic E-state index is 12.3. The first kappa shape index (κ1) is 18.1. The summed E-state index contributed by atoms with van der Waals surface area (Å²) in [6, 6.07) is 11.8. The lowest BCUT2D eigenvalue weighted by Gasteiger charge is -2.10. The van der Waals surface area contributed by atoms with Gasteiger partial charge in [-0.1, -0.05) is 23.7 Å². The Balaban J connectivity index is 2.30. The zero-order chi connectivity index (χ0) is 18.4. The fourth-order valence-corrected chi connectivity index (χ4v) is 2.15. The second-order valence-electron chi connectivity index (χ2n) is 4.81. The van der Waals surface area contributed by atoms with Crippen molar-refractivity contribution >= 4 is 35.2 Å². The molecule has 0 aliphatic rings. The van der Waals surface area contributed by atoms with Crippen molar-refractivity contribution in [1.29, 1.82) is 0 Å². The van der Waals surface area contributed by atoms with Crippen LogP contribution in [0.2, 0.25) is 5.02 Å². The van der Waals surface area contributed by atoms with Crippen molar-refractivity contribution in [3.63, 3.8) is 0 Å². The fourth-order valence-electron chi connectivity index (χ4n) is 1.93. The Morgan fingerprint density at radius 2 is 1.76 bits per heavy atom. The molecule has 9 heteroatoms. The van der Waals surface area contributed by atoms with Crippen LogP contribution in [0.25, 0.3) is 6.08 Å². The molecule has 0 bridgehead atoms. The molecule has 0 spiro atoms. The number of non-ortho nitro benzene ring substituents is 1. The van der Waals surface area contributed by atoms with Crippen molar-refractivity contribution in [1.82, 2.24) is 10.7 Å². The van der Waals surface area contributed by atoms with Gasteiger partial charge in [-0.05, 0) is 35.9 Å². The fraction of sp³-hybridized carbons (Fsp3) is 0. The second-order valence-corrected chi connectivity index (χ2v) is 5.22. The first-order chi connectivity index (χ1) is 11.9. The summed E-state index contributed by atoms with van der Waals surface area (Å²) in [5.74, 6) is 3.80. The van der Waals surface area contributed by atoms with E-state index in [1.807, 2.05) is 5.43 Å². The number of hydrogen-bond acceptors (Lipinski definition) is 5. The highest BCUT2D eigenvalue weighted by Crippen LogP contribution is 2.16. The summed E-state index contributed by atoms with van der Waals surface area (Å²) in [6.45, 7) is 0. The number of carbonyl (C=O) groups is 2. The number of nitro benzene ring substituents is 1. The van der Waals surface area contributed by atoms with E-state index in [9.17, 15) is 19.7 Å². The summed E-state index contributed by atoms with van der Waals surface area (Å²) in [7, 11) is 0. The maximum absolute atomic E-state index is 12.3. The van der Waals surface area contributed by atoms with Crippen LogP contribution in [0.5, 0.6) is 0 Å². The third-order valence-corrected chi connectivity index (χ3v) is 3.49. The molecular formula is C16H13ClN4O4. The van der Waals surface area contributed by atoms with E-state index in [1.165, 1.54) is 36.4 Å². The summed E-state index contributed by atoms with van der Waals surface area (Å²) >= 11 is 5.95. The molecule has 128 valence electrons. The number of benzene rings is 2. The van der Waals surface area contributed by atoms with Gasteiger partial charge in [0.05, 0.1) is 15.5 Å². The van der Waals surface area contributed by atoms with Gasteiger partial charge in [-0.15, -0.1) is 0 Å². The highest BCUT2D eigenvalue weighted by molar-refractivity contribution is 6.34. The Labute approximate surface area is 147 Å². The van der Waals surface area contributed by atoms with Gasteiger partial charge in [0.2, 0.25) is 0 Å². The van der Waals surface area contributed by atoms with E-state index >= 15 is 0 Å². The zero-order valence-electron chi connectivity index (χ0n) is 12.7. The maximum Gasteiger partial charge on any atom is 0.281 e. The molecule has 0 aliphatic heterocycles. The minimum absolute atomic E-state index is 0.0953. The first-order valence-electron chi connectivity index (χ1n) is 6.95. The summed E-state index contributed by atoms with van der Waals surface area (Å²) in [4.78, 5) is 34.3. The van der Waals surface area contributed by atoms with Crippen LogP contribution in [0.15, 0.2) is 54.2 Å². The Hall–Kier alpha value is -3.23. The largest absolute Gasteiger partial charge is 0.317 e. The van der Waals surface area contributed by atoms with Crippen LogP contribution in [-0.2, 0) is 4.79 Å². The minimum atomic E-state index is -0.737. The quantitative estimate of drug-likeness (QED) is 0.247. The highest BCUT2D eigenvalue weighted by atomic mass is 35.5. The Morgan fingerprint density at radius 1 is 1.12 bits per heavy atom. The second kappa shape index (κ2) is 8.04. The van der Waals surface area contributed by atoms with E-state index in [1.54, 1.807) is 18.2 Å². The minimum Gasteiger partial charge on any atom is -0.317 e. The van der Waals surface area contributed by atoms with Gasteiger partial charge in [-0.2, -0.15) is 0 Å². The van der Waals surface area contributed by atoms with E-state index in [4.69, 9.17) is 17.4 Å². The first-order valence-corrected chi connectivity index (χ1v) is 7.33. The van der Waals surface area contributed by atoms with Crippen molar-refractivity contribution in [2.75, 3.05) is 0 Å². The standard InChI is InChI=1S/C16H13ClN4O4/c17-13-4-2-1-3-12(13)15(22)19-14(16(23)20-18)9-10-5-7-11(8-6-10)21(24)25/h1-9H,18H2,(H,19,22)(H,20,23)/b14-9+. The van der Waals surface area contributed by atoms with Crippen LogP contribution in [0.4, 0.5) is 5.69 Å². The molecule has 25 heavy (non-hydrogen) atoms. The number of hydrazine groups is 1. The molecule has 0 saturated carbocycles. The van der Waals surface area contributed by atoms with Crippen LogP contribution in [-0.4, -0.2) is 16.7 Å².